The van der Waals surface area contributed by atoms with Crippen molar-refractivity contribution in [1.29, 1.82) is 0 Å². The number of hydrogen-bond acceptors (Lipinski definition) is 3. The normalized spacial score (nSPS) is 12.5. The number of carbonyl (C=O) groups excluding carboxylic acids is 1. The van der Waals surface area contributed by atoms with Gasteiger partial charge in [0.2, 0.25) is 5.91 Å². The second-order valence-corrected chi connectivity index (χ2v) is 3.95. The number of aromatic nitrogens is 2. The molecule has 0 aliphatic carbocycles. The van der Waals surface area contributed by atoms with Gasteiger partial charge in [0.1, 0.15) is 0 Å². The molecule has 0 bridgehead atoms. The van der Waals surface area contributed by atoms with E-state index in [1.165, 1.54) is 0 Å². The lowest BCUT2D eigenvalue weighted by Crippen LogP contribution is -2.42. The maximum absolute atomic E-state index is 11.8. The highest BCUT2D eigenvalue weighted by Gasteiger charge is 2.15. The van der Waals surface area contributed by atoms with Crippen LogP contribution in [0.3, 0.4) is 0 Å². The Balaban J connectivity index is 2.44. The van der Waals surface area contributed by atoms with Crippen LogP contribution in [0.5, 0.6) is 0 Å². The van der Waals surface area contributed by atoms with Crippen molar-refractivity contribution >= 4 is 5.91 Å². The topological polar surface area (TPSA) is 50.2 Å². The second-order valence-electron chi connectivity index (χ2n) is 3.95. The molecule has 0 spiro atoms. The van der Waals surface area contributed by atoms with E-state index in [9.17, 15) is 4.79 Å². The summed E-state index contributed by atoms with van der Waals surface area (Å²) in [6.07, 6.45) is 3.55. The zero-order valence-electron chi connectivity index (χ0n) is 10.4. The van der Waals surface area contributed by atoms with Gasteiger partial charge in [-0.05, 0) is 13.8 Å². The third kappa shape index (κ3) is 3.06. The van der Waals surface area contributed by atoms with Gasteiger partial charge in [-0.2, -0.15) is 0 Å². The molecule has 1 aromatic heterocycles. The van der Waals surface area contributed by atoms with Gasteiger partial charge in [-0.1, -0.05) is 0 Å². The van der Waals surface area contributed by atoms with Gasteiger partial charge in [-0.25, -0.2) is 4.98 Å². The van der Waals surface area contributed by atoms with Crippen molar-refractivity contribution in [2.75, 3.05) is 13.6 Å². The Hall–Kier alpha value is -1.36. The minimum Gasteiger partial charge on any atom is -0.345 e. The first-order valence-corrected chi connectivity index (χ1v) is 5.49. The van der Waals surface area contributed by atoms with Gasteiger partial charge in [-0.3, -0.25) is 4.79 Å². The Morgan fingerprint density at radius 3 is 2.88 bits per heavy atom. The van der Waals surface area contributed by atoms with E-state index in [1.807, 2.05) is 32.5 Å². The van der Waals surface area contributed by atoms with Gasteiger partial charge in [-0.15, -0.1) is 0 Å². The molecule has 5 nitrogen and oxygen atoms in total. The van der Waals surface area contributed by atoms with E-state index in [0.717, 1.165) is 12.2 Å². The lowest BCUT2D eigenvalue weighted by atomic mass is 10.3. The van der Waals surface area contributed by atoms with Crippen LogP contribution in [0.25, 0.3) is 0 Å². The number of carbonyl (C=O) groups is 1. The molecule has 0 aliphatic heterocycles. The van der Waals surface area contributed by atoms with E-state index < -0.39 is 0 Å². The maximum atomic E-state index is 11.8. The first kappa shape index (κ1) is 12.7. The van der Waals surface area contributed by atoms with E-state index >= 15 is 0 Å². The molecule has 1 heterocycles. The van der Waals surface area contributed by atoms with Crippen LogP contribution in [-0.4, -0.2) is 40.0 Å². The Labute approximate surface area is 96.5 Å². The summed E-state index contributed by atoms with van der Waals surface area (Å²) < 4.78 is 1.94. The molecule has 1 aromatic rings. The number of amides is 1. The van der Waals surface area contributed by atoms with E-state index in [-0.39, 0.29) is 11.9 Å². The summed E-state index contributed by atoms with van der Waals surface area (Å²) in [6.45, 7) is 5.23. The van der Waals surface area contributed by atoms with Crippen LogP contribution in [0.1, 0.15) is 19.5 Å². The van der Waals surface area contributed by atoms with E-state index in [0.29, 0.717) is 6.54 Å². The molecule has 0 saturated heterocycles. The fourth-order valence-electron chi connectivity index (χ4n) is 1.39. The van der Waals surface area contributed by atoms with Gasteiger partial charge in [0.25, 0.3) is 0 Å². The Bertz CT molecular complexity index is 348. The zero-order valence-corrected chi connectivity index (χ0v) is 10.4. The van der Waals surface area contributed by atoms with Gasteiger partial charge < -0.3 is 14.8 Å². The third-order valence-electron chi connectivity index (χ3n) is 2.73. The van der Waals surface area contributed by atoms with Crippen molar-refractivity contribution in [1.82, 2.24) is 19.8 Å². The summed E-state index contributed by atoms with van der Waals surface area (Å²) in [7, 11) is 3.75. The van der Waals surface area contributed by atoms with Crippen LogP contribution >= 0.6 is 0 Å². The van der Waals surface area contributed by atoms with Crippen molar-refractivity contribution in [3.63, 3.8) is 0 Å². The van der Waals surface area contributed by atoms with Crippen molar-refractivity contribution in [3.8, 4) is 0 Å². The molecular weight excluding hydrogens is 204 g/mol. The largest absolute Gasteiger partial charge is 0.345 e. The zero-order chi connectivity index (χ0) is 12.1. The van der Waals surface area contributed by atoms with Crippen molar-refractivity contribution in [2.45, 2.75) is 26.4 Å². The third-order valence-corrected chi connectivity index (χ3v) is 2.73. The average molecular weight is 224 g/mol. The SMILES string of the molecule is CCN(C)C(=O)C(C)NCc1cncn1C. The van der Waals surface area contributed by atoms with Gasteiger partial charge in [0.15, 0.2) is 0 Å². The first-order valence-electron chi connectivity index (χ1n) is 5.49. The highest BCUT2D eigenvalue weighted by Crippen LogP contribution is 1.98. The van der Waals surface area contributed by atoms with Crippen molar-refractivity contribution < 1.29 is 4.79 Å². The molecule has 0 saturated carbocycles. The van der Waals surface area contributed by atoms with Crippen LogP contribution in [-0.2, 0) is 18.4 Å². The number of likely N-dealkylation sites (N-methyl/N-ethyl adjacent to an activating group) is 1. The Morgan fingerprint density at radius 2 is 2.38 bits per heavy atom. The predicted molar refractivity (Wildman–Crippen MR) is 62.8 cm³/mol. The van der Waals surface area contributed by atoms with Crippen LogP contribution in [0.4, 0.5) is 0 Å². The average Bonchev–Trinajstić information content (AvgIpc) is 2.69. The smallest absolute Gasteiger partial charge is 0.239 e. The standard InChI is InChI=1S/C11H20N4O/c1-5-14(3)11(16)9(2)13-7-10-6-12-8-15(10)4/h6,8-9,13H,5,7H2,1-4H3. The van der Waals surface area contributed by atoms with Crippen molar-refractivity contribution in [2.24, 2.45) is 7.05 Å². The van der Waals surface area contributed by atoms with Crippen LogP contribution < -0.4 is 5.32 Å². The van der Waals surface area contributed by atoms with Crippen LogP contribution in [0, 0.1) is 0 Å². The number of imidazole rings is 1. The lowest BCUT2D eigenvalue weighted by molar-refractivity contribution is -0.131. The lowest BCUT2D eigenvalue weighted by Gasteiger charge is -2.20. The second kappa shape index (κ2) is 5.65. The van der Waals surface area contributed by atoms with E-state index in [2.05, 4.69) is 10.3 Å². The molecule has 16 heavy (non-hydrogen) atoms. The van der Waals surface area contributed by atoms with Crippen molar-refractivity contribution in [3.05, 3.63) is 18.2 Å². The summed E-state index contributed by atoms with van der Waals surface area (Å²) in [4.78, 5) is 17.5. The molecule has 1 N–H and O–H groups in total. The van der Waals surface area contributed by atoms with Crippen LogP contribution in [0.15, 0.2) is 12.5 Å². The number of rotatable bonds is 5. The molecule has 0 fully saturated rings. The Morgan fingerprint density at radius 1 is 1.69 bits per heavy atom. The van der Waals surface area contributed by atoms with E-state index in [1.54, 1.807) is 17.4 Å². The number of nitrogens with zero attached hydrogens (tertiary/aromatic N) is 3. The predicted octanol–water partition coefficient (Wildman–Crippen LogP) is 0.376. The quantitative estimate of drug-likeness (QED) is 0.786. The molecule has 1 atom stereocenters. The number of aryl methyl sites for hydroxylation is 1. The summed E-state index contributed by atoms with van der Waals surface area (Å²) in [5.74, 6) is 0.115. The first-order chi connectivity index (χ1) is 7.56. The summed E-state index contributed by atoms with van der Waals surface area (Å²) in [5, 5.41) is 3.19. The fraction of sp³-hybridized carbons (Fsp3) is 0.636. The highest BCUT2D eigenvalue weighted by molar-refractivity contribution is 5.81. The summed E-state index contributed by atoms with van der Waals surface area (Å²) >= 11 is 0. The molecule has 5 heteroatoms. The molecular formula is C11H20N4O. The monoisotopic (exact) mass is 224 g/mol. The molecule has 1 amide bonds. The maximum Gasteiger partial charge on any atom is 0.239 e. The molecule has 90 valence electrons. The molecule has 0 aromatic carbocycles. The van der Waals surface area contributed by atoms with E-state index in [4.69, 9.17) is 0 Å². The minimum absolute atomic E-state index is 0.115. The van der Waals surface area contributed by atoms with Gasteiger partial charge in [0.05, 0.1) is 18.1 Å². The van der Waals surface area contributed by atoms with Gasteiger partial charge in [0, 0.05) is 33.4 Å². The number of hydrogen-bond donors (Lipinski definition) is 1. The summed E-state index contributed by atoms with van der Waals surface area (Å²) in [6, 6.07) is -0.167. The molecule has 1 rings (SSSR count). The summed E-state index contributed by atoms with van der Waals surface area (Å²) in [5.41, 5.74) is 1.07. The Kier molecular flexibility index (Phi) is 4.49. The molecule has 0 aliphatic rings. The fourth-order valence-corrected chi connectivity index (χ4v) is 1.39. The minimum atomic E-state index is -0.167. The highest BCUT2D eigenvalue weighted by atomic mass is 16.2. The van der Waals surface area contributed by atoms with Crippen LogP contribution in [0.2, 0.25) is 0 Å². The molecule has 0 radical (unpaired) electrons. The number of nitrogens with one attached hydrogen (secondary N) is 1. The molecule has 1 unspecified atom stereocenters. The van der Waals surface area contributed by atoms with Gasteiger partial charge >= 0.3 is 0 Å².